The van der Waals surface area contributed by atoms with Crippen molar-refractivity contribution in [3.8, 4) is 0 Å². The van der Waals surface area contributed by atoms with E-state index in [1.807, 2.05) is 0 Å². The minimum Gasteiger partial charge on any atom is -0.402 e. The van der Waals surface area contributed by atoms with E-state index in [-0.39, 0.29) is 0 Å². The molecule has 0 aromatic carbocycles. The van der Waals surface area contributed by atoms with Gasteiger partial charge in [-0.1, -0.05) is 11.6 Å². The number of nitrogens with one attached hydrogen (secondary N) is 2. The van der Waals surface area contributed by atoms with Crippen LogP contribution in [0.4, 0.5) is 5.69 Å². The molecule has 0 unspecified atom stereocenters. The highest BCUT2D eigenvalue weighted by atomic mass is 35.5. The summed E-state index contributed by atoms with van der Waals surface area (Å²) in [5, 5.41) is 3.32. The van der Waals surface area contributed by atoms with Crippen LogP contribution in [0, 0.1) is 0 Å². The van der Waals surface area contributed by atoms with Crippen molar-refractivity contribution in [2.24, 2.45) is 11.6 Å². The standard InChI is InChI=1S/C7H10ClN5/c8-6-2-1-5(4-11-6)12-7(3-9)13-10/h1-4,12-13H,9-10H2/b7-3-. The second kappa shape index (κ2) is 4.54. The van der Waals surface area contributed by atoms with E-state index in [1.165, 1.54) is 6.20 Å². The van der Waals surface area contributed by atoms with E-state index in [1.54, 1.807) is 18.3 Å². The molecule has 0 fully saturated rings. The van der Waals surface area contributed by atoms with E-state index in [0.717, 1.165) is 5.69 Å². The third kappa shape index (κ3) is 2.81. The summed E-state index contributed by atoms with van der Waals surface area (Å²) < 4.78 is 0. The van der Waals surface area contributed by atoms with Crippen LogP contribution in [0.15, 0.2) is 30.4 Å². The fraction of sp³-hybridized carbons (Fsp3) is 0. The first kappa shape index (κ1) is 9.63. The van der Waals surface area contributed by atoms with Gasteiger partial charge in [-0.25, -0.2) is 10.8 Å². The Bertz CT molecular complexity index is 294. The number of nitrogens with two attached hydrogens (primary N) is 2. The Morgan fingerprint density at radius 1 is 1.54 bits per heavy atom. The maximum absolute atomic E-state index is 5.60. The molecule has 0 aliphatic rings. The third-order valence-electron chi connectivity index (χ3n) is 1.33. The highest BCUT2D eigenvalue weighted by Crippen LogP contribution is 2.10. The third-order valence-corrected chi connectivity index (χ3v) is 1.55. The van der Waals surface area contributed by atoms with Gasteiger partial charge in [-0.05, 0) is 12.1 Å². The van der Waals surface area contributed by atoms with Crippen molar-refractivity contribution in [1.29, 1.82) is 0 Å². The largest absolute Gasteiger partial charge is 0.402 e. The van der Waals surface area contributed by atoms with Crippen LogP contribution >= 0.6 is 11.6 Å². The van der Waals surface area contributed by atoms with Gasteiger partial charge in [0.05, 0.1) is 11.9 Å². The zero-order chi connectivity index (χ0) is 9.68. The number of hydrogen-bond acceptors (Lipinski definition) is 5. The van der Waals surface area contributed by atoms with Crippen LogP contribution in [0.1, 0.15) is 0 Å². The Hall–Kier alpha value is -1.46. The molecule has 0 radical (unpaired) electrons. The van der Waals surface area contributed by atoms with Gasteiger partial charge in [-0.15, -0.1) is 0 Å². The zero-order valence-electron chi connectivity index (χ0n) is 6.79. The molecule has 0 saturated heterocycles. The number of rotatable bonds is 3. The summed E-state index contributed by atoms with van der Waals surface area (Å²) >= 11 is 5.60. The van der Waals surface area contributed by atoms with E-state index in [0.29, 0.717) is 11.0 Å². The molecule has 0 atom stereocenters. The van der Waals surface area contributed by atoms with Gasteiger partial charge in [0, 0.05) is 6.20 Å². The van der Waals surface area contributed by atoms with Crippen molar-refractivity contribution in [3.05, 3.63) is 35.5 Å². The molecule has 5 nitrogen and oxygen atoms in total. The summed E-state index contributed by atoms with van der Waals surface area (Å²) in [6.45, 7) is 0. The van der Waals surface area contributed by atoms with Crippen molar-refractivity contribution in [1.82, 2.24) is 10.4 Å². The Kier molecular flexibility index (Phi) is 3.36. The molecule has 6 N–H and O–H groups in total. The second-order valence-corrected chi connectivity index (χ2v) is 2.61. The molecule has 0 spiro atoms. The molecular weight excluding hydrogens is 190 g/mol. The smallest absolute Gasteiger partial charge is 0.133 e. The summed E-state index contributed by atoms with van der Waals surface area (Å²) in [6, 6.07) is 3.42. The van der Waals surface area contributed by atoms with Crippen LogP contribution in [0.5, 0.6) is 0 Å². The first-order valence-electron chi connectivity index (χ1n) is 3.53. The van der Waals surface area contributed by atoms with Gasteiger partial charge in [-0.2, -0.15) is 0 Å². The van der Waals surface area contributed by atoms with E-state index in [4.69, 9.17) is 23.2 Å². The number of halogens is 1. The molecule has 70 valence electrons. The first-order chi connectivity index (χ1) is 6.26. The zero-order valence-corrected chi connectivity index (χ0v) is 7.55. The molecule has 6 heteroatoms. The highest BCUT2D eigenvalue weighted by molar-refractivity contribution is 6.29. The minimum absolute atomic E-state index is 0.435. The van der Waals surface area contributed by atoms with Crippen molar-refractivity contribution in [2.45, 2.75) is 0 Å². The van der Waals surface area contributed by atoms with Crippen molar-refractivity contribution in [2.75, 3.05) is 5.32 Å². The van der Waals surface area contributed by atoms with Crippen molar-refractivity contribution < 1.29 is 0 Å². The molecule has 0 aliphatic carbocycles. The van der Waals surface area contributed by atoms with Crippen LogP contribution in [-0.2, 0) is 0 Å². The molecular formula is C7H10ClN5. The summed E-state index contributed by atoms with van der Waals surface area (Å²) in [6.07, 6.45) is 2.89. The van der Waals surface area contributed by atoms with E-state index in [9.17, 15) is 0 Å². The SMILES string of the molecule is N/C=C(\NN)Nc1ccc(Cl)nc1. The molecule has 1 heterocycles. The predicted octanol–water partition coefficient (Wildman–Crippen LogP) is 0.368. The van der Waals surface area contributed by atoms with Gasteiger partial charge >= 0.3 is 0 Å². The van der Waals surface area contributed by atoms with Crippen LogP contribution in [0.2, 0.25) is 5.15 Å². The average Bonchev–Trinajstić information content (AvgIpc) is 2.17. The maximum atomic E-state index is 5.60. The van der Waals surface area contributed by atoms with Crippen LogP contribution in [0.3, 0.4) is 0 Å². The number of nitrogens with zero attached hydrogens (tertiary/aromatic N) is 1. The first-order valence-corrected chi connectivity index (χ1v) is 3.91. The minimum atomic E-state index is 0.435. The van der Waals surface area contributed by atoms with Gasteiger partial charge in [0.25, 0.3) is 0 Å². The molecule has 1 rings (SSSR count). The summed E-state index contributed by atoms with van der Waals surface area (Å²) in [5.41, 5.74) is 8.38. The fourth-order valence-corrected chi connectivity index (χ4v) is 0.843. The van der Waals surface area contributed by atoms with Crippen molar-refractivity contribution in [3.63, 3.8) is 0 Å². The Balaban J connectivity index is 2.69. The van der Waals surface area contributed by atoms with E-state index >= 15 is 0 Å². The van der Waals surface area contributed by atoms with Gasteiger partial charge in [0.1, 0.15) is 11.0 Å². The van der Waals surface area contributed by atoms with Gasteiger partial charge in [0.2, 0.25) is 0 Å². The Morgan fingerprint density at radius 3 is 2.77 bits per heavy atom. The molecule has 0 saturated carbocycles. The number of hydrogen-bond donors (Lipinski definition) is 4. The highest BCUT2D eigenvalue weighted by Gasteiger charge is 1.95. The number of aromatic nitrogens is 1. The van der Waals surface area contributed by atoms with E-state index < -0.39 is 0 Å². The normalized spacial score (nSPS) is 11.1. The maximum Gasteiger partial charge on any atom is 0.133 e. The summed E-state index contributed by atoms with van der Waals surface area (Å²) in [4.78, 5) is 3.87. The predicted molar refractivity (Wildman–Crippen MR) is 52.5 cm³/mol. The lowest BCUT2D eigenvalue weighted by atomic mass is 10.4. The van der Waals surface area contributed by atoms with Gasteiger partial charge < -0.3 is 16.5 Å². The second-order valence-electron chi connectivity index (χ2n) is 2.22. The summed E-state index contributed by atoms with van der Waals surface area (Å²) in [7, 11) is 0. The molecule has 1 aromatic rings. The molecule has 0 aliphatic heterocycles. The van der Waals surface area contributed by atoms with Gasteiger partial charge in [0.15, 0.2) is 0 Å². The molecule has 0 bridgehead atoms. The monoisotopic (exact) mass is 199 g/mol. The fourth-order valence-electron chi connectivity index (χ4n) is 0.731. The van der Waals surface area contributed by atoms with Crippen LogP contribution < -0.4 is 22.3 Å². The topological polar surface area (TPSA) is 89.0 Å². The lowest BCUT2D eigenvalue weighted by Gasteiger charge is -2.08. The average molecular weight is 200 g/mol. The Labute approximate surface area is 80.7 Å². The van der Waals surface area contributed by atoms with Crippen LogP contribution in [0.25, 0.3) is 0 Å². The number of pyridine rings is 1. The number of anilines is 1. The van der Waals surface area contributed by atoms with Crippen LogP contribution in [-0.4, -0.2) is 4.98 Å². The quantitative estimate of drug-likeness (QED) is 0.321. The Morgan fingerprint density at radius 2 is 2.31 bits per heavy atom. The van der Waals surface area contributed by atoms with Gasteiger partial charge in [-0.3, -0.25) is 0 Å². The summed E-state index contributed by atoms with van der Waals surface area (Å²) in [5.74, 6) is 5.64. The lowest BCUT2D eigenvalue weighted by Crippen LogP contribution is -2.27. The van der Waals surface area contributed by atoms with Crippen molar-refractivity contribution >= 4 is 17.3 Å². The lowest BCUT2D eigenvalue weighted by molar-refractivity contribution is 0.886. The van der Waals surface area contributed by atoms with E-state index in [2.05, 4.69) is 15.7 Å². The molecule has 1 aromatic heterocycles. The molecule has 13 heavy (non-hydrogen) atoms. The molecule has 0 amide bonds. The number of hydrazine groups is 1.